The molecule has 1 unspecified atom stereocenters. The summed E-state index contributed by atoms with van der Waals surface area (Å²) in [6.07, 6.45) is 1.43. The lowest BCUT2D eigenvalue weighted by molar-refractivity contribution is 0.346. The van der Waals surface area contributed by atoms with E-state index in [0.29, 0.717) is 6.42 Å². The molecule has 3 aromatic rings. The lowest BCUT2D eigenvalue weighted by atomic mass is 10.0. The minimum atomic E-state index is -2.83. The first-order valence-corrected chi connectivity index (χ1v) is 11.9. The third-order valence-corrected chi connectivity index (χ3v) is 8.90. The van der Waals surface area contributed by atoms with E-state index in [9.17, 15) is 5.26 Å². The Bertz CT molecular complexity index is 869. The number of rotatable bonds is 8. The fourth-order valence-corrected chi connectivity index (χ4v) is 7.09. The van der Waals surface area contributed by atoms with Gasteiger partial charge in [0.25, 0.3) is 0 Å². The molecule has 0 N–H and O–H groups in total. The molecule has 0 spiro atoms. The topological polar surface area (TPSA) is 45.4 Å². The Morgan fingerprint density at radius 3 is 1.62 bits per heavy atom. The van der Waals surface area contributed by atoms with Crippen molar-refractivity contribution in [3.05, 3.63) is 91.0 Å². The molecule has 0 amide bonds. The van der Waals surface area contributed by atoms with Gasteiger partial charge in [-0.3, -0.25) is 0 Å². The Morgan fingerprint density at radius 2 is 1.28 bits per heavy atom. The second-order valence-corrected chi connectivity index (χ2v) is 10.4. The van der Waals surface area contributed by atoms with E-state index >= 15 is 0 Å². The summed E-state index contributed by atoms with van der Waals surface area (Å²) in [6, 6.07) is 33.5. The molecule has 0 aliphatic rings. The van der Waals surface area contributed by atoms with E-state index in [1.807, 2.05) is 68.4 Å². The van der Waals surface area contributed by atoms with Crippen molar-refractivity contribution in [2.24, 2.45) is 11.1 Å². The van der Waals surface area contributed by atoms with Crippen molar-refractivity contribution in [3.63, 3.8) is 0 Å². The summed E-state index contributed by atoms with van der Waals surface area (Å²) in [5, 5.41) is 17.3. The maximum atomic E-state index is 9.30. The molecule has 3 aromatic carbocycles. The summed E-state index contributed by atoms with van der Waals surface area (Å²) in [5.41, 5.74) is 0.845. The quantitative estimate of drug-likeness (QED) is 0.249. The van der Waals surface area contributed by atoms with E-state index in [1.54, 1.807) is 0 Å². The Labute approximate surface area is 174 Å². The first-order chi connectivity index (χ1) is 14.2. The van der Waals surface area contributed by atoms with Crippen molar-refractivity contribution in [1.82, 2.24) is 0 Å². The van der Waals surface area contributed by atoms with E-state index < -0.39 is 8.32 Å². The zero-order valence-corrected chi connectivity index (χ0v) is 18.0. The van der Waals surface area contributed by atoms with Gasteiger partial charge >= 0.3 is 8.32 Å². The Hall–Kier alpha value is -3.16. The molecule has 3 nitrogen and oxygen atoms in total. The van der Waals surface area contributed by atoms with Crippen LogP contribution >= 0.6 is 0 Å². The number of nitriles is 1. The minimum Gasteiger partial charge on any atom is -0.438 e. The van der Waals surface area contributed by atoms with Crippen LogP contribution in [0, 0.1) is 17.2 Å². The van der Waals surface area contributed by atoms with Crippen molar-refractivity contribution >= 4 is 29.6 Å². The number of nitrogens with zero attached hydrogens (tertiary/aromatic N) is 2. The summed E-state index contributed by atoms with van der Waals surface area (Å²) in [7, 11) is -2.83. The Balaban J connectivity index is 2.14. The van der Waals surface area contributed by atoms with Gasteiger partial charge in [0, 0.05) is 6.42 Å². The van der Waals surface area contributed by atoms with Gasteiger partial charge in [0.15, 0.2) is 0 Å². The van der Waals surface area contributed by atoms with Crippen molar-refractivity contribution in [3.8, 4) is 6.07 Å². The second-order valence-electron chi connectivity index (χ2n) is 7.14. The van der Waals surface area contributed by atoms with Gasteiger partial charge in [-0.25, -0.2) is 0 Å². The number of oxime groups is 1. The van der Waals surface area contributed by atoms with Gasteiger partial charge in [0.05, 0.1) is 17.7 Å². The Morgan fingerprint density at radius 1 is 0.862 bits per heavy atom. The van der Waals surface area contributed by atoms with Gasteiger partial charge in [-0.05, 0) is 28.9 Å². The minimum absolute atomic E-state index is 0.0383. The highest BCUT2D eigenvalue weighted by Crippen LogP contribution is 2.13. The van der Waals surface area contributed by atoms with Gasteiger partial charge < -0.3 is 4.53 Å². The van der Waals surface area contributed by atoms with E-state index in [-0.39, 0.29) is 5.92 Å². The van der Waals surface area contributed by atoms with E-state index in [4.69, 9.17) is 4.53 Å². The zero-order chi connectivity index (χ0) is 20.5. The molecule has 0 aromatic heterocycles. The van der Waals surface area contributed by atoms with Gasteiger partial charge in [-0.1, -0.05) is 97.9 Å². The van der Waals surface area contributed by atoms with Crippen molar-refractivity contribution in [2.75, 3.05) is 0 Å². The molecule has 0 radical (unpaired) electrons. The van der Waals surface area contributed by atoms with E-state index in [1.165, 1.54) is 0 Å². The van der Waals surface area contributed by atoms with Crippen molar-refractivity contribution < 1.29 is 4.53 Å². The Kier molecular flexibility index (Phi) is 6.99. The maximum Gasteiger partial charge on any atom is 0.380 e. The lowest BCUT2D eigenvalue weighted by Gasteiger charge is -2.30. The predicted molar refractivity (Wildman–Crippen MR) is 122 cm³/mol. The van der Waals surface area contributed by atoms with Crippen LogP contribution in [0.15, 0.2) is 96.2 Å². The summed E-state index contributed by atoms with van der Waals surface area (Å²) in [6.45, 7) is 3.97. The largest absolute Gasteiger partial charge is 0.438 e. The summed E-state index contributed by atoms with van der Waals surface area (Å²) in [5.74, 6) is -0.0383. The van der Waals surface area contributed by atoms with Crippen LogP contribution in [0.2, 0.25) is 0 Å². The molecular weight excluding hydrogens is 372 g/mol. The SMILES string of the molecule is CCC(C#N)C/C(C)=N/O[Si](c1ccccc1)(c1ccccc1)c1ccccc1. The number of hydrogen-bond donors (Lipinski definition) is 0. The molecule has 4 heteroatoms. The van der Waals surface area contributed by atoms with Crippen LogP contribution in [0.1, 0.15) is 26.7 Å². The van der Waals surface area contributed by atoms with Crippen LogP contribution in [-0.2, 0) is 4.53 Å². The van der Waals surface area contributed by atoms with Gasteiger partial charge in [0.2, 0.25) is 0 Å². The molecule has 29 heavy (non-hydrogen) atoms. The first kappa shape index (κ1) is 20.6. The normalized spacial score (nSPS) is 12.8. The van der Waals surface area contributed by atoms with Gasteiger partial charge in [-0.15, -0.1) is 5.16 Å². The third kappa shape index (κ3) is 4.64. The highest BCUT2D eigenvalue weighted by Gasteiger charge is 2.44. The zero-order valence-electron chi connectivity index (χ0n) is 17.0. The molecule has 0 fully saturated rings. The molecule has 0 aliphatic heterocycles. The highest BCUT2D eigenvalue weighted by atomic mass is 28.4. The molecule has 0 heterocycles. The van der Waals surface area contributed by atoms with Gasteiger partial charge in [0.1, 0.15) is 0 Å². The van der Waals surface area contributed by atoms with Crippen LogP contribution < -0.4 is 15.6 Å². The molecule has 0 saturated heterocycles. The molecule has 0 aliphatic carbocycles. The van der Waals surface area contributed by atoms with Crippen molar-refractivity contribution in [2.45, 2.75) is 26.7 Å². The number of hydrogen-bond acceptors (Lipinski definition) is 3. The lowest BCUT2D eigenvalue weighted by Crippen LogP contribution is -2.68. The average molecular weight is 399 g/mol. The van der Waals surface area contributed by atoms with Crippen LogP contribution in [0.4, 0.5) is 0 Å². The molecule has 146 valence electrons. The summed E-state index contributed by atoms with van der Waals surface area (Å²) in [4.78, 5) is 0. The molecule has 0 bridgehead atoms. The van der Waals surface area contributed by atoms with Crippen LogP contribution in [-0.4, -0.2) is 14.0 Å². The fraction of sp³-hybridized carbons (Fsp3) is 0.200. The molecular formula is C25H26N2OSi. The summed E-state index contributed by atoms with van der Waals surface area (Å²) >= 11 is 0. The van der Waals surface area contributed by atoms with Gasteiger partial charge in [-0.2, -0.15) is 5.26 Å². The molecule has 0 saturated carbocycles. The van der Waals surface area contributed by atoms with E-state index in [0.717, 1.165) is 27.7 Å². The van der Waals surface area contributed by atoms with Crippen LogP contribution in [0.3, 0.4) is 0 Å². The van der Waals surface area contributed by atoms with E-state index in [2.05, 4.69) is 47.6 Å². The monoisotopic (exact) mass is 398 g/mol. The predicted octanol–water partition coefficient (Wildman–Crippen LogP) is 3.99. The standard InChI is InChI=1S/C25H26N2OSi/c1-3-22(20-26)19-21(2)27-28-29(23-13-7-4-8-14-23,24-15-9-5-10-16-24)25-17-11-6-12-18-25/h4-18,22H,3,19H2,1-2H3/b27-21+. The van der Waals surface area contributed by atoms with Crippen molar-refractivity contribution in [1.29, 1.82) is 5.26 Å². The summed E-state index contributed by atoms with van der Waals surface area (Å²) < 4.78 is 6.56. The van der Waals surface area contributed by atoms with Crippen LogP contribution in [0.5, 0.6) is 0 Å². The second kappa shape index (κ2) is 9.86. The van der Waals surface area contributed by atoms with Crippen LogP contribution in [0.25, 0.3) is 0 Å². The fourth-order valence-electron chi connectivity index (χ4n) is 3.50. The smallest absolute Gasteiger partial charge is 0.380 e. The number of benzene rings is 3. The third-order valence-electron chi connectivity index (χ3n) is 5.10. The molecule has 3 rings (SSSR count). The first-order valence-electron chi connectivity index (χ1n) is 9.98. The average Bonchev–Trinajstić information content (AvgIpc) is 2.80. The molecule has 1 atom stereocenters. The highest BCUT2D eigenvalue weighted by molar-refractivity contribution is 7.07. The maximum absolute atomic E-state index is 9.30.